The van der Waals surface area contributed by atoms with Crippen molar-refractivity contribution in [2.45, 2.75) is 26.1 Å². The summed E-state index contributed by atoms with van der Waals surface area (Å²) in [5, 5.41) is 12.9. The van der Waals surface area contributed by atoms with Crippen LogP contribution in [0.4, 0.5) is 18.9 Å². The number of carbonyl (C=O) groups is 3. The van der Waals surface area contributed by atoms with Crippen LogP contribution in [-0.2, 0) is 22.4 Å². The van der Waals surface area contributed by atoms with Crippen LogP contribution in [0.15, 0.2) is 30.3 Å². The highest BCUT2D eigenvalue weighted by Gasteiger charge is 2.31. The lowest BCUT2D eigenvalue weighted by molar-refractivity contribution is -0.138. The monoisotopic (exact) mass is 492 g/mol. The molecule has 0 aliphatic carbocycles. The van der Waals surface area contributed by atoms with Crippen LogP contribution >= 0.6 is 23.2 Å². The summed E-state index contributed by atoms with van der Waals surface area (Å²) in [5.41, 5.74) is -0.973. The third kappa shape index (κ3) is 7.03. The highest BCUT2D eigenvalue weighted by atomic mass is 35.5. The number of aliphatic carboxylic acids is 1. The number of nitrogens with one attached hydrogen (secondary N) is 2. The molecule has 2 aromatic rings. The molecule has 12 heteroatoms. The number of halogens is 5. The first kappa shape index (κ1) is 25.3. The van der Waals surface area contributed by atoms with Gasteiger partial charge in [0, 0.05) is 17.7 Å². The zero-order chi connectivity index (χ0) is 24.1. The molecule has 7 nitrogen and oxygen atoms in total. The number of carbonyl (C=O) groups excluding carboxylic acids is 2. The molecule has 0 atom stereocenters. The van der Waals surface area contributed by atoms with Crippen molar-refractivity contribution in [3.8, 4) is 5.75 Å². The molecule has 32 heavy (non-hydrogen) atoms. The Morgan fingerprint density at radius 1 is 1.06 bits per heavy atom. The number of carboxylic acid groups (broad SMARTS) is 1. The average Bonchev–Trinajstić information content (AvgIpc) is 2.70. The molecule has 2 rings (SSSR count). The van der Waals surface area contributed by atoms with Gasteiger partial charge in [0.15, 0.2) is 5.75 Å². The van der Waals surface area contributed by atoms with Crippen LogP contribution in [0.25, 0.3) is 0 Å². The minimum Gasteiger partial charge on any atom is -0.486 e. The molecule has 0 aliphatic heterocycles. The molecule has 0 saturated heterocycles. The third-order valence-electron chi connectivity index (χ3n) is 3.97. The molecule has 0 bridgehead atoms. The van der Waals surface area contributed by atoms with Gasteiger partial charge in [-0.1, -0.05) is 30.1 Å². The second kappa shape index (κ2) is 10.6. The predicted molar refractivity (Wildman–Crippen MR) is 111 cm³/mol. The van der Waals surface area contributed by atoms with E-state index in [4.69, 9.17) is 33.0 Å². The zero-order valence-electron chi connectivity index (χ0n) is 16.5. The quantitative estimate of drug-likeness (QED) is 0.492. The Morgan fingerprint density at radius 3 is 2.22 bits per heavy atom. The molecular formula is C20H17Cl2F3N2O5. The molecular weight excluding hydrogens is 476 g/mol. The van der Waals surface area contributed by atoms with E-state index in [-0.39, 0.29) is 45.6 Å². The van der Waals surface area contributed by atoms with E-state index in [1.165, 1.54) is 18.2 Å². The Hall–Kier alpha value is -2.98. The lowest BCUT2D eigenvalue weighted by Gasteiger charge is -2.15. The van der Waals surface area contributed by atoms with Gasteiger partial charge < -0.3 is 20.5 Å². The van der Waals surface area contributed by atoms with Crippen molar-refractivity contribution in [3.63, 3.8) is 0 Å². The minimum absolute atomic E-state index is 0.0303. The normalized spacial score (nSPS) is 11.1. The molecule has 0 unspecified atom stereocenters. The van der Waals surface area contributed by atoms with Crippen LogP contribution in [0.1, 0.15) is 34.8 Å². The van der Waals surface area contributed by atoms with Gasteiger partial charge in [0.1, 0.15) is 13.2 Å². The molecule has 0 spiro atoms. The van der Waals surface area contributed by atoms with Gasteiger partial charge in [-0.15, -0.1) is 0 Å². The molecule has 0 saturated carbocycles. The molecule has 3 N–H and O–H groups in total. The van der Waals surface area contributed by atoms with E-state index in [0.29, 0.717) is 0 Å². The van der Waals surface area contributed by atoms with Crippen LogP contribution < -0.4 is 15.4 Å². The van der Waals surface area contributed by atoms with Crippen molar-refractivity contribution >= 4 is 46.7 Å². The molecule has 0 aliphatic rings. The first-order valence-corrected chi connectivity index (χ1v) is 9.79. The van der Waals surface area contributed by atoms with E-state index in [0.717, 1.165) is 12.1 Å². The fourth-order valence-electron chi connectivity index (χ4n) is 2.50. The number of benzene rings is 2. The van der Waals surface area contributed by atoms with Crippen LogP contribution in [0.3, 0.4) is 0 Å². The van der Waals surface area contributed by atoms with E-state index in [2.05, 4.69) is 10.6 Å². The summed E-state index contributed by atoms with van der Waals surface area (Å²) in [4.78, 5) is 34.1. The second-order valence-corrected chi connectivity index (χ2v) is 7.27. The van der Waals surface area contributed by atoms with Crippen molar-refractivity contribution in [3.05, 3.63) is 57.1 Å². The summed E-state index contributed by atoms with van der Waals surface area (Å²) >= 11 is 12.2. The molecule has 0 aromatic heterocycles. The number of hydrogen-bond donors (Lipinski definition) is 3. The molecule has 0 heterocycles. The lowest BCUT2D eigenvalue weighted by Crippen LogP contribution is -2.29. The van der Waals surface area contributed by atoms with Gasteiger partial charge in [0.05, 0.1) is 15.6 Å². The van der Waals surface area contributed by atoms with Gasteiger partial charge in [-0.25, -0.2) is 0 Å². The summed E-state index contributed by atoms with van der Waals surface area (Å²) in [6, 6.07) is 5.34. The van der Waals surface area contributed by atoms with E-state index >= 15 is 0 Å². The Balaban J connectivity index is 2.25. The molecule has 0 fully saturated rings. The minimum atomic E-state index is -4.65. The Bertz CT molecular complexity index is 1020. The topological polar surface area (TPSA) is 105 Å². The van der Waals surface area contributed by atoms with Crippen molar-refractivity contribution in [1.29, 1.82) is 0 Å². The Morgan fingerprint density at radius 2 is 1.69 bits per heavy atom. The van der Waals surface area contributed by atoms with Gasteiger partial charge in [-0.2, -0.15) is 13.2 Å². The maximum atomic E-state index is 13.2. The fraction of sp³-hybridized carbons (Fsp3) is 0.250. The van der Waals surface area contributed by atoms with Gasteiger partial charge in [-0.3, -0.25) is 14.4 Å². The predicted octanol–water partition coefficient (Wildman–Crippen LogP) is 4.75. The van der Waals surface area contributed by atoms with E-state index in [1.54, 1.807) is 6.92 Å². The van der Waals surface area contributed by atoms with Crippen molar-refractivity contribution in [2.24, 2.45) is 0 Å². The number of ether oxygens (including phenoxy) is 1. The largest absolute Gasteiger partial charge is 0.486 e. The maximum Gasteiger partial charge on any atom is 0.416 e. The summed E-state index contributed by atoms with van der Waals surface area (Å²) in [6.07, 6.45) is -4.57. The van der Waals surface area contributed by atoms with Crippen LogP contribution in [0.2, 0.25) is 10.0 Å². The number of rotatable bonds is 8. The van der Waals surface area contributed by atoms with E-state index in [9.17, 15) is 27.6 Å². The first-order chi connectivity index (χ1) is 14.9. The summed E-state index contributed by atoms with van der Waals surface area (Å²) in [6.45, 7) is 0.574. The standard InChI is InChI=1S/C20H17Cl2F3N2O5/c1-2-16(28)27-13-4-10(3-12(7-13)20(23,24)25)9-32-18-14(21)5-11(6-15(18)22)19(31)26-8-17(29)30/h3-7H,2,8-9H2,1H3,(H,26,31)(H,27,28)(H,29,30). The van der Waals surface area contributed by atoms with E-state index in [1.807, 2.05) is 0 Å². The van der Waals surface area contributed by atoms with Gasteiger partial charge in [-0.05, 0) is 35.9 Å². The van der Waals surface area contributed by atoms with Crippen LogP contribution in [0.5, 0.6) is 5.75 Å². The molecule has 2 aromatic carbocycles. The molecule has 172 valence electrons. The number of alkyl halides is 3. The van der Waals surface area contributed by atoms with E-state index < -0.39 is 36.1 Å². The Kier molecular flexibility index (Phi) is 8.34. The highest BCUT2D eigenvalue weighted by Crippen LogP contribution is 2.36. The Labute approximate surface area is 190 Å². The van der Waals surface area contributed by atoms with Crippen LogP contribution in [0, 0.1) is 0 Å². The van der Waals surface area contributed by atoms with Gasteiger partial charge in [0.25, 0.3) is 5.91 Å². The van der Waals surface area contributed by atoms with Crippen molar-refractivity contribution < 1.29 is 37.4 Å². The summed E-state index contributed by atoms with van der Waals surface area (Å²) in [7, 11) is 0. The molecule has 2 amide bonds. The molecule has 0 radical (unpaired) electrons. The van der Waals surface area contributed by atoms with Crippen molar-refractivity contribution in [2.75, 3.05) is 11.9 Å². The first-order valence-electron chi connectivity index (χ1n) is 9.03. The number of anilines is 1. The number of hydrogen-bond acceptors (Lipinski definition) is 4. The van der Waals surface area contributed by atoms with Crippen molar-refractivity contribution in [1.82, 2.24) is 5.32 Å². The fourth-order valence-corrected chi connectivity index (χ4v) is 3.10. The number of carboxylic acids is 1. The van der Waals surface area contributed by atoms with Gasteiger partial charge >= 0.3 is 12.1 Å². The smallest absolute Gasteiger partial charge is 0.416 e. The second-order valence-electron chi connectivity index (χ2n) is 6.45. The summed E-state index contributed by atoms with van der Waals surface area (Å²) < 4.78 is 45.1. The average molecular weight is 493 g/mol. The summed E-state index contributed by atoms with van der Waals surface area (Å²) in [5.74, 6) is -2.53. The SMILES string of the molecule is CCC(=O)Nc1cc(COc2c(Cl)cc(C(=O)NCC(=O)O)cc2Cl)cc(C(F)(F)F)c1. The lowest BCUT2D eigenvalue weighted by atomic mass is 10.1. The number of amides is 2. The zero-order valence-corrected chi connectivity index (χ0v) is 18.0. The third-order valence-corrected chi connectivity index (χ3v) is 4.53. The van der Waals surface area contributed by atoms with Gasteiger partial charge in [0.2, 0.25) is 5.91 Å². The van der Waals surface area contributed by atoms with Crippen LogP contribution in [-0.4, -0.2) is 29.4 Å². The highest BCUT2D eigenvalue weighted by molar-refractivity contribution is 6.37. The maximum absolute atomic E-state index is 13.2.